The van der Waals surface area contributed by atoms with Crippen LogP contribution in [0.4, 0.5) is 11.5 Å². The predicted molar refractivity (Wildman–Crippen MR) is 72.2 cm³/mol. The number of aromatic nitrogens is 3. The third-order valence-electron chi connectivity index (χ3n) is 3.00. The Morgan fingerprint density at radius 3 is 3.00 bits per heavy atom. The van der Waals surface area contributed by atoms with E-state index in [1.54, 1.807) is 12.1 Å². The molecular formula is C12H12ClN5O. The molecule has 1 fully saturated rings. The number of H-pyrrole nitrogens is 1. The summed E-state index contributed by atoms with van der Waals surface area (Å²) in [6, 6.07) is 3.19. The Morgan fingerprint density at radius 1 is 1.53 bits per heavy atom. The molecule has 0 bridgehead atoms. The molecule has 0 unspecified atom stereocenters. The van der Waals surface area contributed by atoms with E-state index in [2.05, 4.69) is 20.5 Å². The summed E-state index contributed by atoms with van der Waals surface area (Å²) in [4.78, 5) is 16.0. The second-order valence-electron chi connectivity index (χ2n) is 4.49. The lowest BCUT2D eigenvalue weighted by Crippen LogP contribution is -2.15. The van der Waals surface area contributed by atoms with Gasteiger partial charge in [0.1, 0.15) is 5.82 Å². The Balaban J connectivity index is 1.80. The summed E-state index contributed by atoms with van der Waals surface area (Å²) in [5.74, 6) is 0.390. The van der Waals surface area contributed by atoms with Crippen LogP contribution in [0.25, 0.3) is 0 Å². The summed E-state index contributed by atoms with van der Waals surface area (Å²) in [6.45, 7) is 0. The van der Waals surface area contributed by atoms with Crippen molar-refractivity contribution < 1.29 is 4.79 Å². The van der Waals surface area contributed by atoms with Gasteiger partial charge in [-0.2, -0.15) is 5.10 Å². The third kappa shape index (κ3) is 2.39. The number of nitrogens with two attached hydrogens (primary N) is 1. The number of aromatic amines is 1. The van der Waals surface area contributed by atoms with E-state index in [-0.39, 0.29) is 5.69 Å². The lowest BCUT2D eigenvalue weighted by molar-refractivity contribution is 0.102. The van der Waals surface area contributed by atoms with E-state index in [1.165, 1.54) is 6.20 Å². The van der Waals surface area contributed by atoms with Crippen molar-refractivity contribution in [2.75, 3.05) is 11.1 Å². The fourth-order valence-corrected chi connectivity index (χ4v) is 2.03. The molecule has 2 heterocycles. The van der Waals surface area contributed by atoms with Gasteiger partial charge in [-0.05, 0) is 25.0 Å². The number of carbonyl (C=O) groups excluding carboxylic acids is 1. The fraction of sp³-hybridized carbons (Fsp3) is 0.250. The monoisotopic (exact) mass is 277 g/mol. The van der Waals surface area contributed by atoms with Crippen molar-refractivity contribution in [1.29, 1.82) is 0 Å². The van der Waals surface area contributed by atoms with Crippen molar-refractivity contribution in [2.24, 2.45) is 0 Å². The normalized spacial score (nSPS) is 14.4. The number of anilines is 2. The topological polar surface area (TPSA) is 96.7 Å². The minimum Gasteiger partial charge on any atom is -0.395 e. The molecule has 0 radical (unpaired) electrons. The second-order valence-corrected chi connectivity index (χ2v) is 4.92. The van der Waals surface area contributed by atoms with E-state index in [4.69, 9.17) is 17.3 Å². The van der Waals surface area contributed by atoms with Gasteiger partial charge in [0, 0.05) is 17.1 Å². The van der Waals surface area contributed by atoms with Gasteiger partial charge in [0.25, 0.3) is 5.91 Å². The van der Waals surface area contributed by atoms with Crippen LogP contribution in [-0.4, -0.2) is 21.1 Å². The van der Waals surface area contributed by atoms with Crippen LogP contribution in [-0.2, 0) is 0 Å². The molecule has 1 saturated carbocycles. The predicted octanol–water partition coefficient (Wildman–Crippen LogP) is 2.17. The number of hydrogen-bond acceptors (Lipinski definition) is 4. The molecule has 1 aliphatic carbocycles. The minimum absolute atomic E-state index is 0.198. The van der Waals surface area contributed by atoms with Crippen molar-refractivity contribution in [3.63, 3.8) is 0 Å². The first-order valence-corrected chi connectivity index (χ1v) is 6.29. The highest BCUT2D eigenvalue weighted by Crippen LogP contribution is 2.42. The first kappa shape index (κ1) is 12.0. The Kier molecular flexibility index (Phi) is 2.87. The minimum atomic E-state index is -0.393. The molecule has 0 spiro atoms. The Morgan fingerprint density at radius 2 is 2.32 bits per heavy atom. The van der Waals surface area contributed by atoms with E-state index in [0.717, 1.165) is 18.5 Å². The molecular weight excluding hydrogens is 266 g/mol. The lowest BCUT2D eigenvalue weighted by Gasteiger charge is -2.03. The first-order chi connectivity index (χ1) is 9.15. The summed E-state index contributed by atoms with van der Waals surface area (Å²) in [5.41, 5.74) is 7.40. The zero-order valence-corrected chi connectivity index (χ0v) is 10.7. The average molecular weight is 278 g/mol. The number of carbonyl (C=O) groups is 1. The van der Waals surface area contributed by atoms with Crippen LogP contribution in [0.2, 0.25) is 5.02 Å². The first-order valence-electron chi connectivity index (χ1n) is 5.92. The van der Waals surface area contributed by atoms with E-state index in [9.17, 15) is 4.79 Å². The van der Waals surface area contributed by atoms with E-state index in [1.807, 2.05) is 0 Å². The molecule has 1 aliphatic rings. The number of nitrogens with zero attached hydrogens (tertiary/aromatic N) is 2. The van der Waals surface area contributed by atoms with Crippen LogP contribution in [0.15, 0.2) is 18.3 Å². The highest BCUT2D eigenvalue weighted by molar-refractivity contribution is 6.30. The van der Waals surface area contributed by atoms with Crippen molar-refractivity contribution in [2.45, 2.75) is 18.8 Å². The molecule has 0 aliphatic heterocycles. The molecule has 2 aromatic heterocycles. The maximum Gasteiger partial charge on any atom is 0.279 e. The van der Waals surface area contributed by atoms with E-state index in [0.29, 0.717) is 22.4 Å². The van der Waals surface area contributed by atoms with Gasteiger partial charge in [-0.1, -0.05) is 11.6 Å². The lowest BCUT2D eigenvalue weighted by atomic mass is 10.2. The number of amides is 1. The van der Waals surface area contributed by atoms with Gasteiger partial charge in [-0.25, -0.2) is 4.98 Å². The number of nitrogen functional groups attached to an aromatic ring is 1. The Bertz CT molecular complexity index is 635. The van der Waals surface area contributed by atoms with Gasteiger partial charge in [0.15, 0.2) is 5.69 Å². The Labute approximate surface area is 114 Å². The van der Waals surface area contributed by atoms with Crippen LogP contribution < -0.4 is 11.1 Å². The van der Waals surface area contributed by atoms with Crippen molar-refractivity contribution >= 4 is 29.0 Å². The molecule has 98 valence electrons. The summed E-state index contributed by atoms with van der Waals surface area (Å²) in [7, 11) is 0. The quantitative estimate of drug-likeness (QED) is 0.801. The summed E-state index contributed by atoms with van der Waals surface area (Å²) >= 11 is 5.82. The number of halogens is 1. The van der Waals surface area contributed by atoms with E-state index < -0.39 is 5.91 Å². The Hall–Kier alpha value is -2.08. The molecule has 0 aromatic carbocycles. The maximum atomic E-state index is 12.0. The largest absolute Gasteiger partial charge is 0.395 e. The van der Waals surface area contributed by atoms with Gasteiger partial charge >= 0.3 is 0 Å². The molecule has 0 saturated heterocycles. The van der Waals surface area contributed by atoms with Crippen LogP contribution in [0.5, 0.6) is 0 Å². The maximum absolute atomic E-state index is 12.0. The molecule has 7 heteroatoms. The fourth-order valence-electron chi connectivity index (χ4n) is 1.87. The summed E-state index contributed by atoms with van der Waals surface area (Å²) in [6.07, 6.45) is 3.69. The van der Waals surface area contributed by atoms with Crippen LogP contribution >= 0.6 is 11.6 Å². The van der Waals surface area contributed by atoms with Crippen LogP contribution in [0, 0.1) is 0 Å². The number of nitrogens with one attached hydrogen (secondary N) is 2. The number of pyridine rings is 1. The van der Waals surface area contributed by atoms with Gasteiger partial charge in [0.05, 0.1) is 11.4 Å². The van der Waals surface area contributed by atoms with Gasteiger partial charge in [0.2, 0.25) is 0 Å². The standard InChI is InChI=1S/C12H12ClN5O/c13-7-3-4-15-8(5-7)16-12(19)11-9(14)10(17-18-11)6-1-2-6/h3-6H,1-2,14H2,(H,17,18)(H,15,16,19). The van der Waals surface area contributed by atoms with Crippen molar-refractivity contribution in [1.82, 2.24) is 15.2 Å². The number of rotatable bonds is 3. The number of hydrogen-bond donors (Lipinski definition) is 3. The third-order valence-corrected chi connectivity index (χ3v) is 3.23. The molecule has 0 atom stereocenters. The molecule has 6 nitrogen and oxygen atoms in total. The van der Waals surface area contributed by atoms with Gasteiger partial charge in [-0.15, -0.1) is 0 Å². The molecule has 2 aromatic rings. The zero-order chi connectivity index (χ0) is 13.4. The van der Waals surface area contributed by atoms with Crippen LogP contribution in [0.1, 0.15) is 34.9 Å². The highest BCUT2D eigenvalue weighted by atomic mass is 35.5. The smallest absolute Gasteiger partial charge is 0.279 e. The van der Waals surface area contributed by atoms with Crippen LogP contribution in [0.3, 0.4) is 0 Å². The highest BCUT2D eigenvalue weighted by Gasteiger charge is 2.30. The second kappa shape index (κ2) is 4.55. The summed E-state index contributed by atoms with van der Waals surface area (Å²) < 4.78 is 0. The molecule has 3 rings (SSSR count). The molecule has 4 N–H and O–H groups in total. The van der Waals surface area contributed by atoms with Crippen molar-refractivity contribution in [3.05, 3.63) is 34.7 Å². The van der Waals surface area contributed by atoms with E-state index >= 15 is 0 Å². The molecule has 19 heavy (non-hydrogen) atoms. The summed E-state index contributed by atoms with van der Waals surface area (Å²) in [5, 5.41) is 9.92. The van der Waals surface area contributed by atoms with Gasteiger partial charge in [-0.3, -0.25) is 9.89 Å². The van der Waals surface area contributed by atoms with Gasteiger partial charge < -0.3 is 11.1 Å². The zero-order valence-electron chi connectivity index (χ0n) is 9.98. The average Bonchev–Trinajstić information content (AvgIpc) is 3.13. The SMILES string of the molecule is Nc1c(C(=O)Nc2cc(Cl)ccn2)n[nH]c1C1CC1. The van der Waals surface area contributed by atoms with Crippen molar-refractivity contribution in [3.8, 4) is 0 Å². The molecule has 1 amide bonds.